The molecule has 3 nitrogen and oxygen atoms in total. The molecule has 1 fully saturated rings. The Morgan fingerprint density at radius 3 is 2.80 bits per heavy atom. The Hall–Kier alpha value is -1.77. The third kappa shape index (κ3) is 2.58. The number of hydrogen-bond donors (Lipinski definition) is 0. The van der Waals surface area contributed by atoms with E-state index in [1.807, 2.05) is 35.2 Å². The molecule has 0 N–H and O–H groups in total. The van der Waals surface area contributed by atoms with E-state index in [9.17, 15) is 4.79 Å². The van der Waals surface area contributed by atoms with Gasteiger partial charge in [0, 0.05) is 6.04 Å². The van der Waals surface area contributed by atoms with Gasteiger partial charge in [-0.25, -0.2) is 4.79 Å². The Balaban J connectivity index is 1.62. The van der Waals surface area contributed by atoms with Crippen molar-refractivity contribution >= 4 is 6.09 Å². The van der Waals surface area contributed by atoms with Crippen LogP contribution < -0.4 is 0 Å². The molecule has 20 heavy (non-hydrogen) atoms. The van der Waals surface area contributed by atoms with Crippen molar-refractivity contribution < 1.29 is 9.53 Å². The van der Waals surface area contributed by atoms with Crippen LogP contribution in [0.4, 0.5) is 4.79 Å². The number of hydrogen-bond acceptors (Lipinski definition) is 2. The van der Waals surface area contributed by atoms with Gasteiger partial charge >= 0.3 is 6.09 Å². The van der Waals surface area contributed by atoms with Gasteiger partial charge in [-0.2, -0.15) is 0 Å². The molecule has 3 heteroatoms. The summed E-state index contributed by atoms with van der Waals surface area (Å²) in [4.78, 5) is 14.2. The predicted octanol–water partition coefficient (Wildman–Crippen LogP) is 3.90. The summed E-state index contributed by atoms with van der Waals surface area (Å²) < 4.78 is 5.47. The van der Waals surface area contributed by atoms with Crippen LogP contribution in [0.1, 0.15) is 38.2 Å². The van der Waals surface area contributed by atoms with Crippen molar-refractivity contribution in [3.05, 3.63) is 47.5 Å². The average molecular weight is 271 g/mol. The van der Waals surface area contributed by atoms with Gasteiger partial charge in [0.15, 0.2) is 0 Å². The summed E-state index contributed by atoms with van der Waals surface area (Å²) in [6.45, 7) is 2.55. The summed E-state index contributed by atoms with van der Waals surface area (Å²) in [5, 5.41) is 0. The van der Waals surface area contributed by atoms with Crippen LogP contribution in [0.2, 0.25) is 0 Å². The second-order valence-electron chi connectivity index (χ2n) is 5.63. The third-order valence-corrected chi connectivity index (χ3v) is 4.34. The molecule has 3 rings (SSSR count). The molecule has 1 saturated heterocycles. The van der Waals surface area contributed by atoms with Crippen LogP contribution in [-0.4, -0.2) is 23.1 Å². The molecule has 2 aliphatic rings. The maximum absolute atomic E-state index is 12.3. The number of fused-ring (bicyclic) bond motifs is 2. The standard InChI is InChI=1S/C17H21NO2/c1-2-13-10-15-8-9-16(11-13)18(15)17(19)20-12-14-6-4-3-5-7-14/h3-7,10,15-16H,2,8-9,11-12H2,1H3. The second-order valence-corrected chi connectivity index (χ2v) is 5.63. The summed E-state index contributed by atoms with van der Waals surface area (Å²) in [7, 11) is 0. The summed E-state index contributed by atoms with van der Waals surface area (Å²) in [6.07, 6.45) is 6.41. The van der Waals surface area contributed by atoms with Crippen LogP contribution in [0.5, 0.6) is 0 Å². The molecule has 1 aromatic carbocycles. The van der Waals surface area contributed by atoms with Crippen LogP contribution in [0.3, 0.4) is 0 Å². The summed E-state index contributed by atoms with van der Waals surface area (Å²) in [5.41, 5.74) is 2.53. The molecule has 106 valence electrons. The van der Waals surface area contributed by atoms with E-state index in [4.69, 9.17) is 4.74 Å². The fourth-order valence-electron chi connectivity index (χ4n) is 3.26. The number of benzene rings is 1. The molecule has 2 atom stereocenters. The maximum atomic E-state index is 12.3. The summed E-state index contributed by atoms with van der Waals surface area (Å²) in [5.74, 6) is 0. The molecular formula is C17H21NO2. The van der Waals surface area contributed by atoms with Gasteiger partial charge in [0.1, 0.15) is 6.61 Å². The number of amides is 1. The van der Waals surface area contributed by atoms with E-state index in [0.717, 1.165) is 31.2 Å². The van der Waals surface area contributed by atoms with Crippen molar-refractivity contribution in [1.82, 2.24) is 4.90 Å². The maximum Gasteiger partial charge on any atom is 0.410 e. The number of carbonyl (C=O) groups is 1. The minimum absolute atomic E-state index is 0.159. The van der Waals surface area contributed by atoms with Crippen molar-refractivity contribution in [1.29, 1.82) is 0 Å². The zero-order chi connectivity index (χ0) is 13.9. The predicted molar refractivity (Wildman–Crippen MR) is 78.3 cm³/mol. The smallest absolute Gasteiger partial charge is 0.410 e. The van der Waals surface area contributed by atoms with E-state index < -0.39 is 0 Å². The topological polar surface area (TPSA) is 29.5 Å². The molecule has 0 spiro atoms. The van der Waals surface area contributed by atoms with E-state index in [1.165, 1.54) is 5.57 Å². The van der Waals surface area contributed by atoms with E-state index in [-0.39, 0.29) is 12.1 Å². The van der Waals surface area contributed by atoms with Crippen LogP contribution in [-0.2, 0) is 11.3 Å². The van der Waals surface area contributed by atoms with Gasteiger partial charge in [0.05, 0.1) is 6.04 Å². The Kier molecular flexibility index (Phi) is 3.77. The lowest BCUT2D eigenvalue weighted by Crippen LogP contribution is -2.43. The highest BCUT2D eigenvalue weighted by atomic mass is 16.6. The Morgan fingerprint density at radius 2 is 2.10 bits per heavy atom. The lowest BCUT2D eigenvalue weighted by atomic mass is 10.00. The van der Waals surface area contributed by atoms with Gasteiger partial charge < -0.3 is 4.74 Å². The quantitative estimate of drug-likeness (QED) is 0.780. The average Bonchev–Trinajstić information content (AvgIpc) is 2.76. The molecule has 1 amide bonds. The zero-order valence-corrected chi connectivity index (χ0v) is 11.9. The lowest BCUT2D eigenvalue weighted by molar-refractivity contribution is 0.0815. The van der Waals surface area contributed by atoms with Crippen LogP contribution in [0.15, 0.2) is 42.0 Å². The Bertz CT molecular complexity index is 509. The lowest BCUT2D eigenvalue weighted by Gasteiger charge is -2.33. The van der Waals surface area contributed by atoms with E-state index >= 15 is 0 Å². The first-order valence-corrected chi connectivity index (χ1v) is 7.46. The first-order valence-electron chi connectivity index (χ1n) is 7.46. The summed E-state index contributed by atoms with van der Waals surface area (Å²) >= 11 is 0. The molecule has 0 radical (unpaired) electrons. The highest BCUT2D eigenvalue weighted by Crippen LogP contribution is 2.36. The molecule has 2 aliphatic heterocycles. The minimum atomic E-state index is -0.159. The van der Waals surface area contributed by atoms with Crippen LogP contribution in [0.25, 0.3) is 0 Å². The number of carbonyl (C=O) groups excluding carboxylic acids is 1. The van der Waals surface area contributed by atoms with Crippen LogP contribution in [0, 0.1) is 0 Å². The molecule has 0 aliphatic carbocycles. The van der Waals surface area contributed by atoms with Crippen molar-refractivity contribution in [2.45, 2.75) is 51.3 Å². The third-order valence-electron chi connectivity index (χ3n) is 4.34. The van der Waals surface area contributed by atoms with Crippen LogP contribution >= 0.6 is 0 Å². The SMILES string of the molecule is CCC1=CC2CCC(C1)N2C(=O)OCc1ccccc1. The Labute approximate surface area is 120 Å². The summed E-state index contributed by atoms with van der Waals surface area (Å²) in [6, 6.07) is 10.5. The van der Waals surface area contributed by atoms with Crippen molar-refractivity contribution in [3.63, 3.8) is 0 Å². The van der Waals surface area contributed by atoms with E-state index in [1.54, 1.807) is 0 Å². The van der Waals surface area contributed by atoms with Gasteiger partial charge in [0.2, 0.25) is 0 Å². The van der Waals surface area contributed by atoms with E-state index in [2.05, 4.69) is 13.0 Å². The van der Waals surface area contributed by atoms with Crippen molar-refractivity contribution in [2.24, 2.45) is 0 Å². The van der Waals surface area contributed by atoms with E-state index in [0.29, 0.717) is 12.6 Å². The van der Waals surface area contributed by atoms with Crippen molar-refractivity contribution in [2.75, 3.05) is 0 Å². The molecule has 2 unspecified atom stereocenters. The molecule has 0 saturated carbocycles. The fourth-order valence-corrected chi connectivity index (χ4v) is 3.26. The molecule has 0 aromatic heterocycles. The second kappa shape index (κ2) is 5.70. The fraction of sp³-hybridized carbons (Fsp3) is 0.471. The largest absolute Gasteiger partial charge is 0.445 e. The van der Waals surface area contributed by atoms with Gasteiger partial charge in [-0.3, -0.25) is 4.90 Å². The molecule has 2 bridgehead atoms. The molecular weight excluding hydrogens is 250 g/mol. The van der Waals surface area contributed by atoms with Crippen molar-refractivity contribution in [3.8, 4) is 0 Å². The zero-order valence-electron chi connectivity index (χ0n) is 11.9. The number of nitrogens with zero attached hydrogens (tertiary/aromatic N) is 1. The van der Waals surface area contributed by atoms with Gasteiger partial charge in [-0.1, -0.05) is 48.9 Å². The highest BCUT2D eigenvalue weighted by Gasteiger charge is 2.39. The molecule has 2 heterocycles. The first-order chi connectivity index (χ1) is 9.78. The minimum Gasteiger partial charge on any atom is -0.445 e. The monoisotopic (exact) mass is 271 g/mol. The van der Waals surface area contributed by atoms with Gasteiger partial charge in [-0.15, -0.1) is 0 Å². The van der Waals surface area contributed by atoms with Gasteiger partial charge in [0.25, 0.3) is 0 Å². The van der Waals surface area contributed by atoms with Gasteiger partial charge in [-0.05, 0) is 31.2 Å². The normalized spacial score (nSPS) is 24.4. The molecule has 1 aromatic rings. The number of rotatable bonds is 3. The Morgan fingerprint density at radius 1 is 1.30 bits per heavy atom. The number of ether oxygens (including phenoxy) is 1. The first kappa shape index (κ1) is 13.2. The highest BCUT2D eigenvalue weighted by molar-refractivity contribution is 5.70.